The third kappa shape index (κ3) is 6.00. The number of halogens is 5. The van der Waals surface area contributed by atoms with Gasteiger partial charge in [0, 0.05) is 24.3 Å². The molecule has 0 aliphatic carbocycles. The number of hydrogen-bond acceptors (Lipinski definition) is 4. The number of hydrogen-bond donors (Lipinski definition) is 0. The second kappa shape index (κ2) is 10.5. The van der Waals surface area contributed by atoms with Crippen LogP contribution in [0.1, 0.15) is 19.3 Å². The zero-order valence-electron chi connectivity index (χ0n) is 17.8. The normalized spacial score (nSPS) is 14.3. The van der Waals surface area contributed by atoms with E-state index in [0.717, 1.165) is 32.4 Å². The summed E-state index contributed by atoms with van der Waals surface area (Å²) in [6.45, 7) is 1.51. The summed E-state index contributed by atoms with van der Waals surface area (Å²) in [5.74, 6) is -0.0983. The first kappa shape index (κ1) is 24.8. The molecular weight excluding hydrogens is 510 g/mol. The van der Waals surface area contributed by atoms with Crippen LogP contribution in [-0.2, 0) is 4.79 Å². The van der Waals surface area contributed by atoms with Crippen molar-refractivity contribution in [2.45, 2.75) is 30.8 Å². The van der Waals surface area contributed by atoms with Crippen LogP contribution in [0.25, 0.3) is 16.9 Å². The molecule has 1 aliphatic rings. The highest BCUT2D eigenvalue weighted by atomic mass is 35.5. The Balaban J connectivity index is 1.65. The van der Waals surface area contributed by atoms with Crippen molar-refractivity contribution < 1.29 is 22.7 Å². The molecule has 1 aliphatic heterocycles. The number of carbonyl (C=O) groups excluding carboxylic acids is 1. The molecule has 4 rings (SSSR count). The Bertz CT molecular complexity index is 1160. The van der Waals surface area contributed by atoms with Gasteiger partial charge in [-0.05, 0) is 55.7 Å². The number of piperidine rings is 1. The van der Waals surface area contributed by atoms with Crippen LogP contribution in [-0.4, -0.2) is 45.6 Å². The third-order valence-electron chi connectivity index (χ3n) is 5.31. The number of likely N-dealkylation sites (tertiary alicyclic amines) is 1. The molecule has 34 heavy (non-hydrogen) atoms. The van der Waals surface area contributed by atoms with Gasteiger partial charge in [0.05, 0.1) is 27.7 Å². The number of amides is 1. The van der Waals surface area contributed by atoms with Crippen molar-refractivity contribution in [2.75, 3.05) is 18.8 Å². The average Bonchev–Trinajstić information content (AvgIpc) is 3.23. The molecule has 1 aromatic heterocycles. The fraction of sp³-hybridized carbons (Fsp3) is 0.304. The Morgan fingerprint density at radius 2 is 1.74 bits per heavy atom. The smallest absolute Gasteiger partial charge is 0.406 e. The fourth-order valence-corrected chi connectivity index (χ4v) is 4.90. The number of thioether (sulfide) groups is 1. The van der Waals surface area contributed by atoms with Crippen LogP contribution < -0.4 is 4.74 Å². The van der Waals surface area contributed by atoms with Crippen molar-refractivity contribution in [1.29, 1.82) is 0 Å². The maximum absolute atomic E-state index is 12.7. The minimum atomic E-state index is -4.78. The van der Waals surface area contributed by atoms with Crippen LogP contribution in [0.4, 0.5) is 13.2 Å². The molecule has 1 fully saturated rings. The summed E-state index contributed by atoms with van der Waals surface area (Å²) in [7, 11) is 0. The van der Waals surface area contributed by atoms with Gasteiger partial charge in [-0.25, -0.2) is 4.98 Å². The predicted octanol–water partition coefficient (Wildman–Crippen LogP) is 6.85. The first-order chi connectivity index (χ1) is 16.2. The zero-order valence-corrected chi connectivity index (χ0v) is 20.1. The van der Waals surface area contributed by atoms with Crippen LogP contribution >= 0.6 is 35.0 Å². The minimum absolute atomic E-state index is 0.0317. The Morgan fingerprint density at radius 1 is 1.03 bits per heavy atom. The monoisotopic (exact) mass is 529 g/mol. The molecule has 0 radical (unpaired) electrons. The maximum atomic E-state index is 12.7. The zero-order chi connectivity index (χ0) is 24.3. The van der Waals surface area contributed by atoms with E-state index in [4.69, 9.17) is 23.2 Å². The fourth-order valence-electron chi connectivity index (χ4n) is 3.70. The van der Waals surface area contributed by atoms with E-state index in [1.165, 1.54) is 36.0 Å². The number of ether oxygens (including phenoxy) is 1. The summed E-state index contributed by atoms with van der Waals surface area (Å²) >= 11 is 13.5. The highest BCUT2D eigenvalue weighted by molar-refractivity contribution is 7.99. The van der Waals surface area contributed by atoms with Gasteiger partial charge in [-0.3, -0.25) is 9.36 Å². The van der Waals surface area contributed by atoms with Crippen LogP contribution in [0.2, 0.25) is 10.0 Å². The first-order valence-corrected chi connectivity index (χ1v) is 12.3. The van der Waals surface area contributed by atoms with Crippen LogP contribution in [0, 0.1) is 0 Å². The Kier molecular flexibility index (Phi) is 7.64. The van der Waals surface area contributed by atoms with Crippen molar-refractivity contribution in [3.8, 4) is 22.7 Å². The Hall–Kier alpha value is -2.36. The van der Waals surface area contributed by atoms with E-state index in [9.17, 15) is 18.0 Å². The van der Waals surface area contributed by atoms with Gasteiger partial charge in [0.15, 0.2) is 5.16 Å². The van der Waals surface area contributed by atoms with E-state index in [0.29, 0.717) is 32.1 Å². The lowest BCUT2D eigenvalue weighted by Crippen LogP contribution is -2.36. The van der Waals surface area contributed by atoms with Crippen LogP contribution in [0.15, 0.2) is 53.8 Å². The first-order valence-electron chi connectivity index (χ1n) is 10.5. The number of aromatic nitrogens is 2. The molecule has 1 amide bonds. The topological polar surface area (TPSA) is 47.4 Å². The lowest BCUT2D eigenvalue weighted by atomic mass is 10.1. The van der Waals surface area contributed by atoms with Gasteiger partial charge in [-0.2, -0.15) is 0 Å². The van der Waals surface area contributed by atoms with Crippen LogP contribution in [0.3, 0.4) is 0 Å². The van der Waals surface area contributed by atoms with Crippen molar-refractivity contribution in [2.24, 2.45) is 0 Å². The molecule has 0 bridgehead atoms. The molecule has 0 N–H and O–H groups in total. The van der Waals surface area contributed by atoms with Crippen molar-refractivity contribution in [3.63, 3.8) is 0 Å². The second-order valence-corrected chi connectivity index (χ2v) is 9.42. The maximum Gasteiger partial charge on any atom is 0.573 e. The standard InChI is InChI=1S/C23H20Cl2F3N3O2S/c24-18-9-4-15(12-19(18)25)20-13-29-22(34-14-21(32)30-10-2-1-3-11-30)31(20)16-5-7-17(8-6-16)33-23(26,27)28/h4-9,12-13H,1-3,10-11,14H2. The molecule has 2 aromatic carbocycles. The van der Waals surface area contributed by atoms with Crippen molar-refractivity contribution in [3.05, 3.63) is 58.7 Å². The van der Waals surface area contributed by atoms with Crippen LogP contribution in [0.5, 0.6) is 5.75 Å². The van der Waals surface area contributed by atoms with Gasteiger partial charge >= 0.3 is 6.36 Å². The van der Waals surface area contributed by atoms with E-state index in [2.05, 4.69) is 9.72 Å². The van der Waals surface area contributed by atoms with Gasteiger partial charge in [0.25, 0.3) is 0 Å². The number of imidazole rings is 1. The second-order valence-electron chi connectivity index (χ2n) is 7.66. The third-order valence-corrected chi connectivity index (χ3v) is 6.98. The summed E-state index contributed by atoms with van der Waals surface area (Å²) in [5.41, 5.74) is 1.92. The number of rotatable bonds is 6. The lowest BCUT2D eigenvalue weighted by Gasteiger charge is -2.26. The molecule has 2 heterocycles. The Morgan fingerprint density at radius 3 is 2.38 bits per heavy atom. The van der Waals surface area contributed by atoms with E-state index in [-0.39, 0.29) is 17.4 Å². The molecule has 180 valence electrons. The quantitative estimate of drug-likeness (QED) is 0.327. The number of benzene rings is 2. The molecule has 0 spiro atoms. The lowest BCUT2D eigenvalue weighted by molar-refractivity contribution is -0.274. The molecule has 5 nitrogen and oxygen atoms in total. The van der Waals surface area contributed by atoms with Gasteiger partial charge in [0.1, 0.15) is 5.75 Å². The number of alkyl halides is 3. The predicted molar refractivity (Wildman–Crippen MR) is 127 cm³/mol. The molecule has 11 heteroatoms. The molecule has 3 aromatic rings. The summed E-state index contributed by atoms with van der Waals surface area (Å²) in [6.07, 6.45) is -0.0228. The highest BCUT2D eigenvalue weighted by Gasteiger charge is 2.31. The molecule has 1 saturated heterocycles. The van der Waals surface area contributed by atoms with E-state index in [1.807, 2.05) is 4.90 Å². The summed E-state index contributed by atoms with van der Waals surface area (Å²) in [4.78, 5) is 19.0. The molecule has 0 atom stereocenters. The summed E-state index contributed by atoms with van der Waals surface area (Å²) in [5, 5.41) is 1.28. The van der Waals surface area contributed by atoms with Gasteiger partial charge in [0.2, 0.25) is 5.91 Å². The van der Waals surface area contributed by atoms with E-state index in [1.54, 1.807) is 29.0 Å². The SMILES string of the molecule is O=C(CSc1ncc(-c2ccc(Cl)c(Cl)c2)n1-c1ccc(OC(F)(F)F)cc1)N1CCCCC1. The Labute approximate surface area is 208 Å². The summed E-state index contributed by atoms with van der Waals surface area (Å²) in [6, 6.07) is 10.6. The number of carbonyl (C=O) groups is 1. The summed E-state index contributed by atoms with van der Waals surface area (Å²) < 4.78 is 43.4. The van der Waals surface area contributed by atoms with Crippen molar-refractivity contribution >= 4 is 40.9 Å². The van der Waals surface area contributed by atoms with E-state index < -0.39 is 6.36 Å². The van der Waals surface area contributed by atoms with Gasteiger partial charge < -0.3 is 9.64 Å². The minimum Gasteiger partial charge on any atom is -0.406 e. The number of nitrogens with zero attached hydrogens (tertiary/aromatic N) is 3. The molecule has 0 saturated carbocycles. The molecule has 0 unspecified atom stereocenters. The highest BCUT2D eigenvalue weighted by Crippen LogP contribution is 2.34. The molecular formula is C23H20Cl2F3N3O2S. The van der Waals surface area contributed by atoms with Gasteiger partial charge in [-0.15, -0.1) is 13.2 Å². The average molecular weight is 530 g/mol. The van der Waals surface area contributed by atoms with E-state index >= 15 is 0 Å². The van der Waals surface area contributed by atoms with Crippen molar-refractivity contribution in [1.82, 2.24) is 14.5 Å². The largest absolute Gasteiger partial charge is 0.573 e. The van der Waals surface area contributed by atoms with Gasteiger partial charge in [-0.1, -0.05) is 41.0 Å².